The highest BCUT2D eigenvalue weighted by atomic mass is 32.1. The fourth-order valence-corrected chi connectivity index (χ4v) is 3.35. The molecular formula is C12H12N4S2. The van der Waals surface area contributed by atoms with Crippen molar-refractivity contribution in [3.63, 3.8) is 0 Å². The number of hydrogen-bond donors (Lipinski definition) is 1. The smallest absolute Gasteiger partial charge is 0.194 e. The van der Waals surface area contributed by atoms with Crippen LogP contribution in [-0.2, 0) is 0 Å². The van der Waals surface area contributed by atoms with Crippen molar-refractivity contribution in [3.05, 3.63) is 23.2 Å². The van der Waals surface area contributed by atoms with Crippen LogP contribution in [0.4, 0.5) is 5.13 Å². The summed E-state index contributed by atoms with van der Waals surface area (Å²) in [5.41, 5.74) is 2.08. The Morgan fingerprint density at radius 1 is 1.39 bits per heavy atom. The molecule has 4 rings (SSSR count). The number of aromatic nitrogens is 3. The lowest BCUT2D eigenvalue weighted by Gasteiger charge is -1.98. The van der Waals surface area contributed by atoms with Crippen LogP contribution in [0.2, 0.25) is 0 Å². The van der Waals surface area contributed by atoms with E-state index in [1.807, 2.05) is 17.8 Å². The number of hydrogen-bond acceptors (Lipinski definition) is 5. The summed E-state index contributed by atoms with van der Waals surface area (Å²) < 4.78 is 2.09. The van der Waals surface area contributed by atoms with Crippen molar-refractivity contribution in [3.8, 4) is 11.4 Å². The van der Waals surface area contributed by atoms with Gasteiger partial charge < -0.3 is 5.32 Å². The summed E-state index contributed by atoms with van der Waals surface area (Å²) in [6.45, 7) is 1.06. The Balaban J connectivity index is 1.62. The summed E-state index contributed by atoms with van der Waals surface area (Å²) >= 11 is 3.31. The molecule has 0 aromatic carbocycles. The molecule has 18 heavy (non-hydrogen) atoms. The minimum absolute atomic E-state index is 0.871. The van der Waals surface area contributed by atoms with Crippen LogP contribution < -0.4 is 5.32 Å². The predicted molar refractivity (Wildman–Crippen MR) is 75.4 cm³/mol. The fourth-order valence-electron chi connectivity index (χ4n) is 1.94. The number of fused-ring (bicyclic) bond motifs is 1. The third-order valence-electron chi connectivity index (χ3n) is 3.15. The first-order chi connectivity index (χ1) is 8.90. The summed E-state index contributed by atoms with van der Waals surface area (Å²) in [4.78, 5) is 10.0. The number of nitrogens with one attached hydrogen (secondary N) is 1. The van der Waals surface area contributed by atoms with E-state index in [2.05, 4.69) is 25.1 Å². The molecule has 3 aromatic heterocycles. The third-order valence-corrected chi connectivity index (χ3v) is 4.72. The molecular weight excluding hydrogens is 264 g/mol. The van der Waals surface area contributed by atoms with Crippen molar-refractivity contribution in [1.82, 2.24) is 14.4 Å². The molecule has 0 unspecified atom stereocenters. The van der Waals surface area contributed by atoms with Gasteiger partial charge in [0.1, 0.15) is 5.69 Å². The molecule has 1 N–H and O–H groups in total. The first-order valence-corrected chi connectivity index (χ1v) is 7.76. The Kier molecular flexibility index (Phi) is 2.38. The summed E-state index contributed by atoms with van der Waals surface area (Å²) in [7, 11) is 0. The quantitative estimate of drug-likeness (QED) is 0.794. The number of rotatable bonds is 4. The standard InChI is InChI=1S/C12H12N4S2/c1-2-8(1)5-13-11-15-9(7-18-11)10-6-14-12-16(10)3-4-17-12/h3-4,6-8H,1-2,5H2,(H,13,15). The van der Waals surface area contributed by atoms with Crippen molar-refractivity contribution in [2.45, 2.75) is 12.8 Å². The summed E-state index contributed by atoms with van der Waals surface area (Å²) in [6, 6.07) is 0. The molecule has 0 spiro atoms. The Morgan fingerprint density at radius 3 is 3.22 bits per heavy atom. The van der Waals surface area contributed by atoms with Crippen LogP contribution >= 0.6 is 22.7 Å². The van der Waals surface area contributed by atoms with Crippen molar-refractivity contribution < 1.29 is 0 Å². The Hall–Kier alpha value is -1.40. The maximum absolute atomic E-state index is 4.63. The molecule has 1 aliphatic carbocycles. The van der Waals surface area contributed by atoms with Gasteiger partial charge in [-0.05, 0) is 18.8 Å². The van der Waals surface area contributed by atoms with E-state index in [0.29, 0.717) is 0 Å². The van der Waals surface area contributed by atoms with E-state index in [1.165, 1.54) is 12.8 Å². The van der Waals surface area contributed by atoms with E-state index in [0.717, 1.165) is 33.9 Å². The molecule has 92 valence electrons. The Bertz CT molecular complexity index is 677. The van der Waals surface area contributed by atoms with Gasteiger partial charge in [0.05, 0.1) is 11.9 Å². The maximum Gasteiger partial charge on any atom is 0.194 e. The van der Waals surface area contributed by atoms with Gasteiger partial charge in [-0.15, -0.1) is 22.7 Å². The molecule has 3 aromatic rings. The zero-order chi connectivity index (χ0) is 11.9. The summed E-state index contributed by atoms with van der Waals surface area (Å²) in [5.74, 6) is 0.871. The van der Waals surface area contributed by atoms with Gasteiger partial charge in [0.2, 0.25) is 0 Å². The second-order valence-corrected chi connectivity index (χ2v) is 6.29. The highest BCUT2D eigenvalue weighted by molar-refractivity contribution is 7.15. The molecule has 1 saturated carbocycles. The van der Waals surface area contributed by atoms with E-state index in [-0.39, 0.29) is 0 Å². The van der Waals surface area contributed by atoms with E-state index in [4.69, 9.17) is 0 Å². The lowest BCUT2D eigenvalue weighted by molar-refractivity contribution is 0.887. The number of nitrogens with zero attached hydrogens (tertiary/aromatic N) is 3. The van der Waals surface area contributed by atoms with Crippen molar-refractivity contribution >= 4 is 32.8 Å². The average molecular weight is 276 g/mol. The zero-order valence-electron chi connectivity index (χ0n) is 9.67. The minimum Gasteiger partial charge on any atom is -0.361 e. The highest BCUT2D eigenvalue weighted by Gasteiger charge is 2.21. The van der Waals surface area contributed by atoms with Gasteiger partial charge in [0.25, 0.3) is 0 Å². The average Bonchev–Trinajstić information content (AvgIpc) is 2.81. The second kappa shape index (κ2) is 4.07. The molecule has 0 saturated heterocycles. The van der Waals surface area contributed by atoms with Gasteiger partial charge in [-0.3, -0.25) is 4.40 Å². The van der Waals surface area contributed by atoms with Gasteiger partial charge in [0, 0.05) is 23.5 Å². The van der Waals surface area contributed by atoms with Gasteiger partial charge in [-0.2, -0.15) is 0 Å². The van der Waals surface area contributed by atoms with E-state index >= 15 is 0 Å². The van der Waals surface area contributed by atoms with E-state index in [9.17, 15) is 0 Å². The molecule has 0 atom stereocenters. The first kappa shape index (κ1) is 10.5. The first-order valence-electron chi connectivity index (χ1n) is 6.00. The van der Waals surface area contributed by atoms with Crippen LogP contribution in [0.1, 0.15) is 12.8 Å². The van der Waals surface area contributed by atoms with Crippen LogP contribution in [0, 0.1) is 5.92 Å². The Labute approximate surface area is 112 Å². The molecule has 0 aliphatic heterocycles. The molecule has 0 radical (unpaired) electrons. The second-order valence-electron chi connectivity index (χ2n) is 4.56. The van der Waals surface area contributed by atoms with E-state index in [1.54, 1.807) is 22.7 Å². The zero-order valence-corrected chi connectivity index (χ0v) is 11.3. The minimum atomic E-state index is 0.871. The van der Waals surface area contributed by atoms with Crippen LogP contribution in [-0.4, -0.2) is 20.9 Å². The maximum atomic E-state index is 4.63. The molecule has 0 bridgehead atoms. The molecule has 1 fully saturated rings. The van der Waals surface area contributed by atoms with Crippen LogP contribution in [0.25, 0.3) is 16.3 Å². The largest absolute Gasteiger partial charge is 0.361 e. The topological polar surface area (TPSA) is 42.2 Å². The lowest BCUT2D eigenvalue weighted by Crippen LogP contribution is -2.02. The molecule has 0 amide bonds. The summed E-state index contributed by atoms with van der Waals surface area (Å²) in [6.07, 6.45) is 6.66. The molecule has 3 heterocycles. The van der Waals surface area contributed by atoms with Crippen molar-refractivity contribution in [1.29, 1.82) is 0 Å². The normalized spacial score (nSPS) is 15.3. The number of imidazole rings is 1. The van der Waals surface area contributed by atoms with Crippen molar-refractivity contribution in [2.75, 3.05) is 11.9 Å². The predicted octanol–water partition coefficient (Wildman–Crippen LogP) is 3.34. The molecule has 4 nitrogen and oxygen atoms in total. The van der Waals surface area contributed by atoms with Crippen molar-refractivity contribution in [2.24, 2.45) is 5.92 Å². The summed E-state index contributed by atoms with van der Waals surface area (Å²) in [5, 5.41) is 8.57. The van der Waals surface area contributed by atoms with Gasteiger partial charge in [-0.1, -0.05) is 0 Å². The fraction of sp³-hybridized carbons (Fsp3) is 0.333. The van der Waals surface area contributed by atoms with Gasteiger partial charge >= 0.3 is 0 Å². The van der Waals surface area contributed by atoms with E-state index < -0.39 is 0 Å². The van der Waals surface area contributed by atoms with Gasteiger partial charge in [-0.25, -0.2) is 9.97 Å². The monoisotopic (exact) mass is 276 g/mol. The molecule has 1 aliphatic rings. The lowest BCUT2D eigenvalue weighted by atomic mass is 10.4. The number of thiazole rings is 2. The number of anilines is 1. The van der Waals surface area contributed by atoms with Crippen LogP contribution in [0.15, 0.2) is 23.2 Å². The SMILES string of the molecule is c1cn2c(-c3csc(NCC4CC4)n3)cnc2s1. The molecule has 6 heteroatoms. The third kappa shape index (κ3) is 1.81. The Morgan fingerprint density at radius 2 is 2.33 bits per heavy atom. The van der Waals surface area contributed by atoms with Gasteiger partial charge in [0.15, 0.2) is 10.1 Å². The van der Waals surface area contributed by atoms with Crippen LogP contribution in [0.3, 0.4) is 0 Å². The highest BCUT2D eigenvalue weighted by Crippen LogP contribution is 2.31. The van der Waals surface area contributed by atoms with Crippen LogP contribution in [0.5, 0.6) is 0 Å².